The van der Waals surface area contributed by atoms with Gasteiger partial charge in [0.25, 0.3) is 5.91 Å². The first kappa shape index (κ1) is 14.5. The summed E-state index contributed by atoms with van der Waals surface area (Å²) < 4.78 is 5.43. The van der Waals surface area contributed by atoms with Crippen molar-refractivity contribution in [3.63, 3.8) is 0 Å². The molecule has 0 heterocycles. The number of rotatable bonds is 7. The van der Waals surface area contributed by atoms with E-state index in [1.807, 2.05) is 25.1 Å². The Kier molecular flexibility index (Phi) is 6.22. The van der Waals surface area contributed by atoms with E-state index in [2.05, 4.69) is 24.5 Å². The fourth-order valence-electron chi connectivity index (χ4n) is 1.57. The Morgan fingerprint density at radius 2 is 2.00 bits per heavy atom. The van der Waals surface area contributed by atoms with Gasteiger partial charge in [-0.2, -0.15) is 0 Å². The average Bonchev–Trinajstić information content (AvgIpc) is 2.35. The average molecular weight is 250 g/mol. The first-order chi connectivity index (χ1) is 8.65. The van der Waals surface area contributed by atoms with Crippen LogP contribution in [0.4, 0.5) is 0 Å². The molecule has 0 spiro atoms. The van der Waals surface area contributed by atoms with Gasteiger partial charge in [-0.1, -0.05) is 26.0 Å². The number of carbonyl (C=O) groups is 1. The van der Waals surface area contributed by atoms with E-state index in [1.54, 1.807) is 6.07 Å². The van der Waals surface area contributed by atoms with Gasteiger partial charge in [-0.25, -0.2) is 0 Å². The maximum absolute atomic E-state index is 12.0. The third-order valence-corrected chi connectivity index (χ3v) is 2.39. The molecule has 0 unspecified atom stereocenters. The van der Waals surface area contributed by atoms with Crippen LogP contribution >= 0.6 is 0 Å². The minimum Gasteiger partial charge on any atom is -0.493 e. The van der Waals surface area contributed by atoms with E-state index < -0.39 is 0 Å². The van der Waals surface area contributed by atoms with E-state index in [1.165, 1.54) is 0 Å². The zero-order valence-electron chi connectivity index (χ0n) is 11.3. The van der Waals surface area contributed by atoms with Gasteiger partial charge < -0.3 is 15.4 Å². The molecule has 0 aliphatic heterocycles. The summed E-state index contributed by atoms with van der Waals surface area (Å²) in [5, 5.41) is 6.12. The molecule has 18 heavy (non-hydrogen) atoms. The molecule has 100 valence electrons. The summed E-state index contributed by atoms with van der Waals surface area (Å²) in [5.74, 6) is 0.541. The highest BCUT2D eigenvalue weighted by Gasteiger charge is 2.10. The van der Waals surface area contributed by atoms with Crippen molar-refractivity contribution < 1.29 is 9.53 Å². The number of benzene rings is 1. The maximum atomic E-state index is 12.0. The van der Waals surface area contributed by atoms with Gasteiger partial charge in [0.15, 0.2) is 0 Å². The van der Waals surface area contributed by atoms with E-state index in [4.69, 9.17) is 4.74 Å². The highest BCUT2D eigenvalue weighted by Crippen LogP contribution is 2.17. The van der Waals surface area contributed by atoms with Gasteiger partial charge in [-0.3, -0.25) is 4.79 Å². The quantitative estimate of drug-likeness (QED) is 0.726. The van der Waals surface area contributed by atoms with Crippen molar-refractivity contribution in [3.05, 3.63) is 29.8 Å². The molecule has 1 rings (SSSR count). The Morgan fingerprint density at radius 3 is 2.67 bits per heavy atom. The molecule has 1 aromatic rings. The monoisotopic (exact) mass is 250 g/mol. The third-order valence-electron chi connectivity index (χ3n) is 2.39. The highest BCUT2D eigenvalue weighted by molar-refractivity contribution is 5.96. The lowest BCUT2D eigenvalue weighted by Crippen LogP contribution is -2.34. The van der Waals surface area contributed by atoms with E-state index in [9.17, 15) is 4.79 Å². The molecular weight excluding hydrogens is 228 g/mol. The smallest absolute Gasteiger partial charge is 0.255 e. The van der Waals surface area contributed by atoms with Crippen LogP contribution in [-0.2, 0) is 0 Å². The summed E-state index contributed by atoms with van der Waals surface area (Å²) in [5.41, 5.74) is 0.587. The Balaban J connectivity index is 2.50. The van der Waals surface area contributed by atoms with Crippen molar-refractivity contribution in [2.45, 2.75) is 26.8 Å². The maximum Gasteiger partial charge on any atom is 0.255 e. The normalized spacial score (nSPS) is 10.4. The zero-order valence-corrected chi connectivity index (χ0v) is 11.3. The summed E-state index contributed by atoms with van der Waals surface area (Å²) in [4.78, 5) is 12.0. The van der Waals surface area contributed by atoms with Gasteiger partial charge in [-0.05, 0) is 19.1 Å². The summed E-state index contributed by atoms with van der Waals surface area (Å²) in [6.07, 6.45) is 0. The van der Waals surface area contributed by atoms with Crippen LogP contribution in [0.1, 0.15) is 31.1 Å². The molecule has 4 nitrogen and oxygen atoms in total. The fraction of sp³-hybridized carbons (Fsp3) is 0.500. The van der Waals surface area contributed by atoms with Crippen LogP contribution in [0.2, 0.25) is 0 Å². The molecule has 0 aromatic heterocycles. The molecule has 0 saturated carbocycles. The van der Waals surface area contributed by atoms with Gasteiger partial charge in [-0.15, -0.1) is 0 Å². The lowest BCUT2D eigenvalue weighted by atomic mass is 10.2. The van der Waals surface area contributed by atoms with Gasteiger partial charge in [0.1, 0.15) is 5.75 Å². The summed E-state index contributed by atoms with van der Waals surface area (Å²) in [6.45, 7) is 7.98. The SMILES string of the molecule is CCOc1ccccc1C(=O)NCCNC(C)C. The Morgan fingerprint density at radius 1 is 1.28 bits per heavy atom. The number of nitrogens with one attached hydrogen (secondary N) is 2. The van der Waals surface area contributed by atoms with Crippen molar-refractivity contribution >= 4 is 5.91 Å². The largest absolute Gasteiger partial charge is 0.493 e. The van der Waals surface area contributed by atoms with Crippen LogP contribution in [0.25, 0.3) is 0 Å². The molecule has 1 aromatic carbocycles. The molecule has 0 aliphatic rings. The lowest BCUT2D eigenvalue weighted by Gasteiger charge is -2.11. The molecule has 0 radical (unpaired) electrons. The molecule has 1 amide bonds. The number of hydrogen-bond acceptors (Lipinski definition) is 3. The van der Waals surface area contributed by atoms with Crippen molar-refractivity contribution in [2.75, 3.05) is 19.7 Å². The van der Waals surface area contributed by atoms with Gasteiger partial charge >= 0.3 is 0 Å². The Labute approximate surface area is 109 Å². The molecular formula is C14H22N2O2. The topological polar surface area (TPSA) is 50.4 Å². The van der Waals surface area contributed by atoms with E-state index in [0.29, 0.717) is 30.5 Å². The number of ether oxygens (including phenoxy) is 1. The fourth-order valence-corrected chi connectivity index (χ4v) is 1.57. The summed E-state index contributed by atoms with van der Waals surface area (Å²) >= 11 is 0. The van der Waals surface area contributed by atoms with Crippen molar-refractivity contribution in [2.24, 2.45) is 0 Å². The molecule has 0 aliphatic carbocycles. The van der Waals surface area contributed by atoms with Gasteiger partial charge in [0.05, 0.1) is 12.2 Å². The summed E-state index contributed by atoms with van der Waals surface area (Å²) in [6, 6.07) is 7.71. The van der Waals surface area contributed by atoms with Crippen LogP contribution in [0.15, 0.2) is 24.3 Å². The molecule has 2 N–H and O–H groups in total. The van der Waals surface area contributed by atoms with Crippen molar-refractivity contribution in [1.29, 1.82) is 0 Å². The van der Waals surface area contributed by atoms with Crippen LogP contribution < -0.4 is 15.4 Å². The molecule has 0 fully saturated rings. The van der Waals surface area contributed by atoms with Crippen molar-refractivity contribution in [3.8, 4) is 5.75 Å². The van der Waals surface area contributed by atoms with Gasteiger partial charge in [0.2, 0.25) is 0 Å². The molecule has 0 atom stereocenters. The van der Waals surface area contributed by atoms with Gasteiger partial charge in [0, 0.05) is 19.1 Å². The third kappa shape index (κ3) is 4.75. The van der Waals surface area contributed by atoms with Crippen LogP contribution in [0.3, 0.4) is 0 Å². The Bertz CT molecular complexity index is 378. The lowest BCUT2D eigenvalue weighted by molar-refractivity contribution is 0.0950. The van der Waals surface area contributed by atoms with Crippen LogP contribution in [0, 0.1) is 0 Å². The molecule has 0 bridgehead atoms. The van der Waals surface area contributed by atoms with Crippen molar-refractivity contribution in [1.82, 2.24) is 10.6 Å². The second kappa shape index (κ2) is 7.71. The van der Waals surface area contributed by atoms with Crippen LogP contribution in [0.5, 0.6) is 5.75 Å². The number of para-hydroxylation sites is 1. The predicted octanol–water partition coefficient (Wildman–Crippen LogP) is 1.81. The second-order valence-electron chi connectivity index (χ2n) is 4.29. The summed E-state index contributed by atoms with van der Waals surface area (Å²) in [7, 11) is 0. The second-order valence-corrected chi connectivity index (χ2v) is 4.29. The number of hydrogen-bond donors (Lipinski definition) is 2. The predicted molar refractivity (Wildman–Crippen MR) is 73.1 cm³/mol. The van der Waals surface area contributed by atoms with Crippen LogP contribution in [-0.4, -0.2) is 31.6 Å². The highest BCUT2D eigenvalue weighted by atomic mass is 16.5. The Hall–Kier alpha value is -1.55. The minimum atomic E-state index is -0.0930. The minimum absolute atomic E-state index is 0.0930. The standard InChI is InChI=1S/C14H22N2O2/c1-4-18-13-8-6-5-7-12(13)14(17)16-10-9-15-11(2)3/h5-8,11,15H,4,9-10H2,1-3H3,(H,16,17). The van der Waals surface area contributed by atoms with E-state index >= 15 is 0 Å². The van der Waals surface area contributed by atoms with E-state index in [0.717, 1.165) is 6.54 Å². The number of carbonyl (C=O) groups excluding carboxylic acids is 1. The van der Waals surface area contributed by atoms with E-state index in [-0.39, 0.29) is 5.91 Å². The molecule has 0 saturated heterocycles. The zero-order chi connectivity index (χ0) is 13.4. The number of amides is 1. The molecule has 4 heteroatoms. The first-order valence-electron chi connectivity index (χ1n) is 6.38. The first-order valence-corrected chi connectivity index (χ1v) is 6.38.